The van der Waals surface area contributed by atoms with Gasteiger partial charge in [-0.1, -0.05) is 42.5 Å². The lowest BCUT2D eigenvalue weighted by Gasteiger charge is -2.35. The van der Waals surface area contributed by atoms with E-state index in [1.807, 2.05) is 13.0 Å². The van der Waals surface area contributed by atoms with Gasteiger partial charge in [-0.05, 0) is 31.6 Å². The Balaban J connectivity index is 3.10. The number of alkyl halides is 1. The molecule has 0 bridgehead atoms. The predicted octanol–water partition coefficient (Wildman–Crippen LogP) is 3.55. The largest absolute Gasteiger partial charge is 0.466 e. The summed E-state index contributed by atoms with van der Waals surface area (Å²) in [5.74, 6) is 0.528. The summed E-state index contributed by atoms with van der Waals surface area (Å²) in [5.41, 5.74) is 0.188. The molecule has 0 fully saturated rings. The van der Waals surface area contributed by atoms with E-state index in [1.54, 1.807) is 0 Å². The zero-order valence-corrected chi connectivity index (χ0v) is 14.3. The fourth-order valence-corrected chi connectivity index (χ4v) is 3.24. The number of ether oxygens (including phenoxy) is 1. The Labute approximate surface area is 129 Å². The highest BCUT2D eigenvalue weighted by Gasteiger charge is 2.39. The molecule has 0 radical (unpaired) electrons. The van der Waals surface area contributed by atoms with Crippen LogP contribution in [0.3, 0.4) is 0 Å². The van der Waals surface area contributed by atoms with Gasteiger partial charge >= 0.3 is 5.97 Å². The average molecular weight is 378 g/mol. The van der Waals surface area contributed by atoms with Crippen LogP contribution in [0.25, 0.3) is 0 Å². The van der Waals surface area contributed by atoms with Crippen molar-refractivity contribution in [3.63, 3.8) is 0 Å². The van der Waals surface area contributed by atoms with Crippen LogP contribution in [0.15, 0.2) is 11.6 Å². The van der Waals surface area contributed by atoms with E-state index in [1.165, 1.54) is 7.11 Å². The summed E-state index contributed by atoms with van der Waals surface area (Å²) in [6, 6.07) is 0. The maximum atomic E-state index is 12.3. The lowest BCUT2D eigenvalue weighted by Crippen LogP contribution is -2.34. The summed E-state index contributed by atoms with van der Waals surface area (Å²) < 4.78 is 5.70. The van der Waals surface area contributed by atoms with E-state index in [4.69, 9.17) is 4.74 Å². The monoisotopic (exact) mass is 378 g/mol. The second-order valence-electron chi connectivity index (χ2n) is 5.76. The van der Waals surface area contributed by atoms with Gasteiger partial charge in [-0.15, -0.1) is 0 Å². The molecule has 1 aliphatic carbocycles. The van der Waals surface area contributed by atoms with Crippen LogP contribution in [0.2, 0.25) is 0 Å². The van der Waals surface area contributed by atoms with Crippen molar-refractivity contribution in [1.82, 2.24) is 0 Å². The standard InChI is InChI=1S/C15H23IO3/c1-10(2)11-5-7-15(3,13(17)6-8-16)9-12(11)14(18)19-4/h9-11H,5-8H2,1-4H3/t11-,15+/m0/s1. The summed E-state index contributed by atoms with van der Waals surface area (Å²) in [6.07, 6.45) is 4.14. The lowest BCUT2D eigenvalue weighted by atomic mass is 9.68. The molecule has 0 amide bonds. The number of halogens is 1. The molecule has 0 aromatic carbocycles. The number of hydrogen-bond acceptors (Lipinski definition) is 3. The molecule has 0 spiro atoms. The summed E-state index contributed by atoms with van der Waals surface area (Å²) >= 11 is 2.21. The second-order valence-corrected chi connectivity index (χ2v) is 6.84. The van der Waals surface area contributed by atoms with E-state index >= 15 is 0 Å². The molecule has 0 N–H and O–H groups in total. The number of carbonyl (C=O) groups is 2. The summed E-state index contributed by atoms with van der Waals surface area (Å²) in [4.78, 5) is 24.2. The van der Waals surface area contributed by atoms with Crippen LogP contribution in [0.1, 0.15) is 40.0 Å². The molecule has 0 unspecified atom stereocenters. The van der Waals surface area contributed by atoms with E-state index < -0.39 is 5.41 Å². The van der Waals surface area contributed by atoms with Gasteiger partial charge in [0.15, 0.2) is 0 Å². The molecule has 108 valence electrons. The van der Waals surface area contributed by atoms with Crippen molar-refractivity contribution in [2.75, 3.05) is 11.5 Å². The third-order valence-corrected chi connectivity index (χ3v) is 4.57. The molecule has 19 heavy (non-hydrogen) atoms. The smallest absolute Gasteiger partial charge is 0.333 e. The Morgan fingerprint density at radius 3 is 2.63 bits per heavy atom. The average Bonchev–Trinajstić information content (AvgIpc) is 2.37. The van der Waals surface area contributed by atoms with Crippen LogP contribution >= 0.6 is 22.6 Å². The van der Waals surface area contributed by atoms with Crippen molar-refractivity contribution in [3.05, 3.63) is 11.6 Å². The van der Waals surface area contributed by atoms with Gasteiger partial charge in [-0.2, -0.15) is 0 Å². The normalized spacial score (nSPS) is 27.1. The third-order valence-electron chi connectivity index (χ3n) is 4.03. The zero-order chi connectivity index (χ0) is 14.6. The molecule has 0 aliphatic heterocycles. The van der Waals surface area contributed by atoms with Crippen molar-refractivity contribution in [2.24, 2.45) is 17.3 Å². The van der Waals surface area contributed by atoms with Gasteiger partial charge in [-0.3, -0.25) is 4.79 Å². The first-order chi connectivity index (χ1) is 8.85. The molecular weight excluding hydrogens is 355 g/mol. The first kappa shape index (κ1) is 16.7. The van der Waals surface area contributed by atoms with Gasteiger partial charge in [-0.25, -0.2) is 4.79 Å². The molecule has 1 aliphatic rings. The van der Waals surface area contributed by atoms with Crippen LogP contribution in [0.5, 0.6) is 0 Å². The van der Waals surface area contributed by atoms with Crippen molar-refractivity contribution < 1.29 is 14.3 Å². The van der Waals surface area contributed by atoms with Crippen LogP contribution in [0.4, 0.5) is 0 Å². The van der Waals surface area contributed by atoms with Gasteiger partial charge in [0.2, 0.25) is 0 Å². The minimum atomic E-state index is -0.500. The van der Waals surface area contributed by atoms with E-state index in [2.05, 4.69) is 36.4 Å². The highest BCUT2D eigenvalue weighted by atomic mass is 127. The maximum Gasteiger partial charge on any atom is 0.333 e. The van der Waals surface area contributed by atoms with Crippen LogP contribution < -0.4 is 0 Å². The topological polar surface area (TPSA) is 43.4 Å². The molecule has 0 saturated carbocycles. The maximum absolute atomic E-state index is 12.3. The van der Waals surface area contributed by atoms with Gasteiger partial charge in [0.05, 0.1) is 7.11 Å². The number of Topliss-reactive ketones (excluding diaryl/α,β-unsaturated/α-hetero) is 1. The first-order valence-electron chi connectivity index (χ1n) is 6.76. The minimum absolute atomic E-state index is 0.202. The van der Waals surface area contributed by atoms with Gasteiger partial charge in [0, 0.05) is 21.8 Å². The molecule has 4 heteroatoms. The van der Waals surface area contributed by atoms with E-state index in [0.29, 0.717) is 17.9 Å². The van der Waals surface area contributed by atoms with Crippen molar-refractivity contribution in [2.45, 2.75) is 40.0 Å². The molecular formula is C15H23IO3. The molecule has 0 saturated heterocycles. The Morgan fingerprint density at radius 2 is 2.16 bits per heavy atom. The van der Waals surface area contributed by atoms with Crippen LogP contribution in [-0.4, -0.2) is 23.3 Å². The Kier molecular flexibility index (Phi) is 6.02. The fourth-order valence-electron chi connectivity index (χ4n) is 2.75. The number of methoxy groups -OCH3 is 1. The SMILES string of the molecule is COC(=O)C1=C[C@](C)(C(=O)CCI)CC[C@H]1C(C)C. The van der Waals surface area contributed by atoms with Crippen LogP contribution in [-0.2, 0) is 14.3 Å². The number of hydrogen-bond donors (Lipinski definition) is 0. The van der Waals surface area contributed by atoms with Crippen molar-refractivity contribution >= 4 is 34.3 Å². The quantitative estimate of drug-likeness (QED) is 0.418. The summed E-state index contributed by atoms with van der Waals surface area (Å²) in [6.45, 7) is 6.16. The molecule has 2 atom stereocenters. The number of ketones is 1. The molecule has 1 rings (SSSR count). The second kappa shape index (κ2) is 6.86. The Hall–Kier alpha value is -0.390. The van der Waals surface area contributed by atoms with Crippen molar-refractivity contribution in [3.8, 4) is 0 Å². The number of allylic oxidation sites excluding steroid dienone is 1. The fraction of sp³-hybridized carbons (Fsp3) is 0.733. The summed E-state index contributed by atoms with van der Waals surface area (Å²) in [5, 5.41) is 0. The Bertz CT molecular complexity index is 387. The highest BCUT2D eigenvalue weighted by molar-refractivity contribution is 14.1. The predicted molar refractivity (Wildman–Crippen MR) is 84.3 cm³/mol. The lowest BCUT2D eigenvalue weighted by molar-refractivity contribution is -0.137. The van der Waals surface area contributed by atoms with Gasteiger partial charge < -0.3 is 4.74 Å². The zero-order valence-electron chi connectivity index (χ0n) is 12.2. The number of rotatable bonds is 5. The molecule has 0 heterocycles. The van der Waals surface area contributed by atoms with Gasteiger partial charge in [0.1, 0.15) is 5.78 Å². The van der Waals surface area contributed by atoms with E-state index in [9.17, 15) is 9.59 Å². The van der Waals surface area contributed by atoms with Crippen molar-refractivity contribution in [1.29, 1.82) is 0 Å². The van der Waals surface area contributed by atoms with E-state index in [-0.39, 0.29) is 17.7 Å². The Morgan fingerprint density at radius 1 is 1.53 bits per heavy atom. The summed E-state index contributed by atoms with van der Waals surface area (Å²) in [7, 11) is 1.40. The molecule has 0 aromatic rings. The molecule has 0 aromatic heterocycles. The van der Waals surface area contributed by atoms with Crippen LogP contribution in [0, 0.1) is 17.3 Å². The van der Waals surface area contributed by atoms with E-state index in [0.717, 1.165) is 17.3 Å². The third kappa shape index (κ3) is 3.80. The molecule has 3 nitrogen and oxygen atoms in total. The van der Waals surface area contributed by atoms with Gasteiger partial charge in [0.25, 0.3) is 0 Å². The number of carbonyl (C=O) groups excluding carboxylic acids is 2. The number of esters is 1. The minimum Gasteiger partial charge on any atom is -0.466 e. The highest BCUT2D eigenvalue weighted by Crippen LogP contribution is 2.41. The first-order valence-corrected chi connectivity index (χ1v) is 8.28.